The Balaban J connectivity index is 2.04. The SMILES string of the molecule is COC1CCCC1NS(=O)(=O)c1cnn(CCCN)c1. The van der Waals surface area contributed by atoms with Gasteiger partial charge in [-0.1, -0.05) is 0 Å². The fraction of sp³-hybridized carbons (Fsp3) is 0.750. The molecule has 2 rings (SSSR count). The van der Waals surface area contributed by atoms with Crippen LogP contribution in [0.3, 0.4) is 0 Å². The van der Waals surface area contributed by atoms with Crippen LogP contribution in [0.5, 0.6) is 0 Å². The minimum Gasteiger partial charge on any atom is -0.380 e. The number of sulfonamides is 1. The van der Waals surface area contributed by atoms with E-state index in [4.69, 9.17) is 10.5 Å². The fourth-order valence-electron chi connectivity index (χ4n) is 2.47. The summed E-state index contributed by atoms with van der Waals surface area (Å²) in [6, 6.07) is -0.155. The molecule has 1 fully saturated rings. The fourth-order valence-corrected chi connectivity index (χ4v) is 3.72. The van der Waals surface area contributed by atoms with Gasteiger partial charge in [-0.2, -0.15) is 5.10 Å². The van der Waals surface area contributed by atoms with Crippen molar-refractivity contribution in [2.24, 2.45) is 5.73 Å². The van der Waals surface area contributed by atoms with Crippen molar-refractivity contribution in [3.05, 3.63) is 12.4 Å². The molecule has 0 saturated heterocycles. The molecule has 114 valence electrons. The Bertz CT molecular complexity index is 529. The zero-order valence-corrected chi connectivity index (χ0v) is 12.5. The number of nitrogens with two attached hydrogens (primary N) is 1. The van der Waals surface area contributed by atoms with E-state index in [1.54, 1.807) is 11.8 Å². The Morgan fingerprint density at radius 2 is 2.35 bits per heavy atom. The van der Waals surface area contributed by atoms with Crippen LogP contribution in [0.2, 0.25) is 0 Å². The molecular weight excluding hydrogens is 280 g/mol. The van der Waals surface area contributed by atoms with E-state index < -0.39 is 10.0 Å². The molecule has 0 amide bonds. The van der Waals surface area contributed by atoms with Gasteiger partial charge in [0.25, 0.3) is 0 Å². The van der Waals surface area contributed by atoms with Gasteiger partial charge in [-0.3, -0.25) is 4.68 Å². The lowest BCUT2D eigenvalue weighted by Gasteiger charge is -2.18. The molecule has 2 atom stereocenters. The zero-order valence-electron chi connectivity index (χ0n) is 11.7. The summed E-state index contributed by atoms with van der Waals surface area (Å²) in [5, 5.41) is 4.04. The molecule has 2 unspecified atom stereocenters. The van der Waals surface area contributed by atoms with Gasteiger partial charge in [0, 0.05) is 25.9 Å². The van der Waals surface area contributed by atoms with Gasteiger partial charge in [-0.15, -0.1) is 0 Å². The van der Waals surface area contributed by atoms with Crippen LogP contribution in [-0.2, 0) is 21.3 Å². The van der Waals surface area contributed by atoms with Crippen molar-refractivity contribution in [1.82, 2.24) is 14.5 Å². The molecule has 0 bridgehead atoms. The Morgan fingerprint density at radius 3 is 3.05 bits per heavy atom. The topological polar surface area (TPSA) is 99.2 Å². The Labute approximate surface area is 119 Å². The standard InChI is InChI=1S/C12H22N4O3S/c1-19-12-5-2-4-11(12)15-20(17,18)10-8-14-16(9-10)7-3-6-13/h8-9,11-12,15H,2-7,13H2,1H3. The summed E-state index contributed by atoms with van der Waals surface area (Å²) in [6.45, 7) is 1.17. The molecule has 1 aliphatic rings. The van der Waals surface area contributed by atoms with E-state index in [-0.39, 0.29) is 17.0 Å². The molecule has 1 aromatic rings. The summed E-state index contributed by atoms with van der Waals surface area (Å²) in [5.41, 5.74) is 5.42. The van der Waals surface area contributed by atoms with Crippen molar-refractivity contribution < 1.29 is 13.2 Å². The first-order chi connectivity index (χ1) is 9.56. The molecule has 0 aromatic carbocycles. The predicted octanol–water partition coefficient (Wildman–Crippen LogP) is 0.0777. The monoisotopic (exact) mass is 302 g/mol. The molecule has 1 saturated carbocycles. The maximum atomic E-state index is 12.3. The second-order valence-electron chi connectivity index (χ2n) is 5.01. The number of hydrogen-bond acceptors (Lipinski definition) is 5. The highest BCUT2D eigenvalue weighted by molar-refractivity contribution is 7.89. The van der Waals surface area contributed by atoms with Gasteiger partial charge in [-0.25, -0.2) is 13.1 Å². The summed E-state index contributed by atoms with van der Waals surface area (Å²) in [7, 11) is -1.92. The van der Waals surface area contributed by atoms with Crippen LogP contribution in [0.25, 0.3) is 0 Å². The number of aromatic nitrogens is 2. The third-order valence-electron chi connectivity index (χ3n) is 3.57. The van der Waals surface area contributed by atoms with Crippen molar-refractivity contribution in [3.8, 4) is 0 Å². The Kier molecular flexibility index (Phi) is 5.14. The van der Waals surface area contributed by atoms with Crippen LogP contribution in [-0.4, -0.2) is 44.0 Å². The van der Waals surface area contributed by atoms with Gasteiger partial charge >= 0.3 is 0 Å². The maximum Gasteiger partial charge on any atom is 0.244 e. The predicted molar refractivity (Wildman–Crippen MR) is 74.7 cm³/mol. The summed E-state index contributed by atoms with van der Waals surface area (Å²) in [5.74, 6) is 0. The van der Waals surface area contributed by atoms with Crippen molar-refractivity contribution in [2.45, 2.75) is 49.3 Å². The summed E-state index contributed by atoms with van der Waals surface area (Å²) < 4.78 is 34.2. The van der Waals surface area contributed by atoms with Gasteiger partial charge in [-0.05, 0) is 32.2 Å². The highest BCUT2D eigenvalue weighted by atomic mass is 32.2. The van der Waals surface area contributed by atoms with Crippen LogP contribution in [0, 0.1) is 0 Å². The van der Waals surface area contributed by atoms with Crippen LogP contribution < -0.4 is 10.5 Å². The lowest BCUT2D eigenvalue weighted by molar-refractivity contribution is 0.0916. The van der Waals surface area contributed by atoms with E-state index >= 15 is 0 Å². The van der Waals surface area contributed by atoms with Crippen LogP contribution in [0.4, 0.5) is 0 Å². The van der Waals surface area contributed by atoms with E-state index in [1.165, 1.54) is 12.4 Å². The number of ether oxygens (including phenoxy) is 1. The van der Waals surface area contributed by atoms with Crippen molar-refractivity contribution in [1.29, 1.82) is 0 Å². The number of nitrogens with one attached hydrogen (secondary N) is 1. The number of aryl methyl sites for hydroxylation is 1. The number of methoxy groups -OCH3 is 1. The van der Waals surface area contributed by atoms with E-state index in [2.05, 4.69) is 9.82 Å². The highest BCUT2D eigenvalue weighted by Crippen LogP contribution is 2.23. The van der Waals surface area contributed by atoms with Crippen LogP contribution >= 0.6 is 0 Å². The Hall–Kier alpha value is -0.960. The first kappa shape index (κ1) is 15.4. The second-order valence-corrected chi connectivity index (χ2v) is 6.73. The van der Waals surface area contributed by atoms with Gasteiger partial charge in [0.1, 0.15) is 4.90 Å². The third-order valence-corrected chi connectivity index (χ3v) is 5.02. The lowest BCUT2D eigenvalue weighted by Crippen LogP contribution is -2.40. The molecular formula is C12H22N4O3S. The van der Waals surface area contributed by atoms with E-state index in [0.717, 1.165) is 25.7 Å². The quantitative estimate of drug-likeness (QED) is 0.743. The molecule has 20 heavy (non-hydrogen) atoms. The minimum atomic E-state index is -3.54. The molecule has 0 spiro atoms. The molecule has 8 heteroatoms. The van der Waals surface area contributed by atoms with Gasteiger partial charge < -0.3 is 10.5 Å². The average Bonchev–Trinajstić information content (AvgIpc) is 3.04. The summed E-state index contributed by atoms with van der Waals surface area (Å²) in [6.07, 6.45) is 6.30. The second kappa shape index (κ2) is 6.66. The zero-order chi connectivity index (χ0) is 14.6. The van der Waals surface area contributed by atoms with Gasteiger partial charge in [0.05, 0.1) is 12.3 Å². The lowest BCUT2D eigenvalue weighted by atomic mass is 10.2. The molecule has 1 aromatic heterocycles. The normalized spacial score (nSPS) is 23.3. The van der Waals surface area contributed by atoms with Crippen LogP contribution in [0.15, 0.2) is 17.3 Å². The minimum absolute atomic E-state index is 0.0444. The third kappa shape index (κ3) is 3.57. The van der Waals surface area contributed by atoms with E-state index in [9.17, 15) is 8.42 Å². The smallest absolute Gasteiger partial charge is 0.244 e. The first-order valence-corrected chi connectivity index (χ1v) is 8.33. The van der Waals surface area contributed by atoms with Gasteiger partial charge in [0.2, 0.25) is 10.0 Å². The van der Waals surface area contributed by atoms with Crippen molar-refractivity contribution in [3.63, 3.8) is 0 Å². The molecule has 7 nitrogen and oxygen atoms in total. The van der Waals surface area contributed by atoms with Crippen LogP contribution in [0.1, 0.15) is 25.7 Å². The highest BCUT2D eigenvalue weighted by Gasteiger charge is 2.31. The molecule has 0 aliphatic heterocycles. The Morgan fingerprint density at radius 1 is 1.55 bits per heavy atom. The molecule has 0 radical (unpaired) electrons. The maximum absolute atomic E-state index is 12.3. The number of rotatable bonds is 7. The molecule has 3 N–H and O–H groups in total. The van der Waals surface area contributed by atoms with E-state index in [0.29, 0.717) is 13.1 Å². The van der Waals surface area contributed by atoms with Gasteiger partial charge in [0.15, 0.2) is 0 Å². The van der Waals surface area contributed by atoms with Crippen molar-refractivity contribution >= 4 is 10.0 Å². The summed E-state index contributed by atoms with van der Waals surface area (Å²) >= 11 is 0. The first-order valence-electron chi connectivity index (χ1n) is 6.84. The molecule has 1 aliphatic carbocycles. The van der Waals surface area contributed by atoms with Crippen molar-refractivity contribution in [2.75, 3.05) is 13.7 Å². The summed E-state index contributed by atoms with van der Waals surface area (Å²) in [4.78, 5) is 0.191. The molecule has 1 heterocycles. The number of hydrogen-bond donors (Lipinski definition) is 2. The van der Waals surface area contributed by atoms with E-state index in [1.807, 2.05) is 0 Å². The number of nitrogens with zero attached hydrogens (tertiary/aromatic N) is 2. The average molecular weight is 302 g/mol. The largest absolute Gasteiger partial charge is 0.380 e.